The van der Waals surface area contributed by atoms with Crippen LogP contribution >= 0.6 is 11.6 Å². The van der Waals surface area contributed by atoms with Crippen LogP contribution in [0, 0.1) is 11.3 Å². The number of sulfone groups is 1. The normalized spacial score (nSPS) is 13.5. The van der Waals surface area contributed by atoms with Crippen molar-refractivity contribution in [2.24, 2.45) is 0 Å². The number of benzene rings is 2. The van der Waals surface area contributed by atoms with Gasteiger partial charge in [0.25, 0.3) is 0 Å². The van der Waals surface area contributed by atoms with Crippen molar-refractivity contribution in [2.75, 3.05) is 0 Å². The number of aromatic carboxylic acids is 1. The van der Waals surface area contributed by atoms with Gasteiger partial charge in [-0.05, 0) is 60.2 Å². The lowest BCUT2D eigenvalue weighted by molar-refractivity contribution is 0.0696. The number of aromatic nitrogens is 2. The molecule has 1 saturated carbocycles. The fraction of sp³-hybridized carbons (Fsp3) is 0.182. The predicted octanol–water partition coefficient (Wildman–Crippen LogP) is 4.22. The second-order valence-electron chi connectivity index (χ2n) is 7.26. The average molecular weight is 454 g/mol. The smallest absolute Gasteiger partial charge is 0.335 e. The highest BCUT2D eigenvalue weighted by Crippen LogP contribution is 2.44. The van der Waals surface area contributed by atoms with E-state index < -0.39 is 21.6 Å². The van der Waals surface area contributed by atoms with Crippen LogP contribution in [0.2, 0.25) is 5.02 Å². The largest absolute Gasteiger partial charge is 0.478 e. The molecule has 0 aliphatic heterocycles. The number of halogens is 1. The Morgan fingerprint density at radius 1 is 1.19 bits per heavy atom. The number of carboxylic acids is 1. The maximum atomic E-state index is 13.4. The van der Waals surface area contributed by atoms with E-state index in [0.29, 0.717) is 16.7 Å². The van der Waals surface area contributed by atoms with E-state index >= 15 is 0 Å². The quantitative estimate of drug-likeness (QED) is 0.593. The Morgan fingerprint density at radius 3 is 2.52 bits per heavy atom. The molecule has 1 fully saturated rings. The zero-order valence-electron chi connectivity index (χ0n) is 16.1. The lowest BCUT2D eigenvalue weighted by atomic mass is 10.0. The molecule has 3 aromatic rings. The second kappa shape index (κ2) is 8.10. The van der Waals surface area contributed by atoms with E-state index in [9.17, 15) is 23.6 Å². The number of carboxylic acid groups (broad SMARTS) is 1. The summed E-state index contributed by atoms with van der Waals surface area (Å²) in [6.07, 6.45) is 4.76. The zero-order chi connectivity index (χ0) is 22.2. The van der Waals surface area contributed by atoms with Crippen LogP contribution in [-0.2, 0) is 15.6 Å². The van der Waals surface area contributed by atoms with Gasteiger partial charge < -0.3 is 5.11 Å². The van der Waals surface area contributed by atoms with Crippen LogP contribution in [0.25, 0.3) is 11.4 Å². The molecule has 1 aromatic heterocycles. The maximum absolute atomic E-state index is 13.4. The Hall–Kier alpha value is -3.28. The first-order chi connectivity index (χ1) is 14.8. The zero-order valence-corrected chi connectivity index (χ0v) is 17.7. The monoisotopic (exact) mass is 453 g/mol. The van der Waals surface area contributed by atoms with Crippen LogP contribution in [0.1, 0.15) is 45.8 Å². The highest BCUT2D eigenvalue weighted by Gasteiger charge is 2.32. The molecule has 2 aromatic carbocycles. The van der Waals surface area contributed by atoms with Crippen molar-refractivity contribution >= 4 is 27.4 Å². The molecular formula is C22H16ClN3O4S. The maximum Gasteiger partial charge on any atom is 0.335 e. The summed E-state index contributed by atoms with van der Waals surface area (Å²) in [4.78, 5) is 19.8. The SMILES string of the molecule is N#Cc1cc(CS(=O)(=O)c2cc(C(=O)O)ccc2C2CC2)c(-c2ncccn2)cc1Cl. The summed E-state index contributed by atoms with van der Waals surface area (Å²) < 4.78 is 26.9. The summed E-state index contributed by atoms with van der Waals surface area (Å²) in [7, 11) is -3.94. The molecule has 0 saturated heterocycles. The van der Waals surface area contributed by atoms with E-state index in [1.807, 2.05) is 6.07 Å². The van der Waals surface area contributed by atoms with Crippen molar-refractivity contribution in [1.29, 1.82) is 5.26 Å². The first kappa shape index (κ1) is 21.0. The molecule has 1 N–H and O–H groups in total. The molecule has 9 heteroatoms. The average Bonchev–Trinajstić information content (AvgIpc) is 3.60. The van der Waals surface area contributed by atoms with E-state index in [0.717, 1.165) is 12.8 Å². The summed E-state index contributed by atoms with van der Waals surface area (Å²) in [5.74, 6) is -1.27. The Kier molecular flexibility index (Phi) is 5.48. The van der Waals surface area contributed by atoms with Gasteiger partial charge in [-0.15, -0.1) is 0 Å². The van der Waals surface area contributed by atoms with Gasteiger partial charge in [-0.3, -0.25) is 0 Å². The minimum absolute atomic E-state index is 0.00304. The molecule has 0 radical (unpaired) electrons. The number of nitriles is 1. The van der Waals surface area contributed by atoms with Crippen LogP contribution in [0.3, 0.4) is 0 Å². The summed E-state index contributed by atoms with van der Waals surface area (Å²) in [5.41, 5.74) is 1.37. The van der Waals surface area contributed by atoms with E-state index in [-0.39, 0.29) is 32.8 Å². The summed E-state index contributed by atoms with van der Waals surface area (Å²) in [5, 5.41) is 18.9. The number of hydrogen-bond acceptors (Lipinski definition) is 6. The van der Waals surface area contributed by atoms with Crippen molar-refractivity contribution in [3.05, 3.63) is 76.1 Å². The predicted molar refractivity (Wildman–Crippen MR) is 113 cm³/mol. The van der Waals surface area contributed by atoms with Gasteiger partial charge in [0.05, 0.1) is 26.8 Å². The minimum Gasteiger partial charge on any atom is -0.478 e. The highest BCUT2D eigenvalue weighted by molar-refractivity contribution is 7.90. The van der Waals surface area contributed by atoms with E-state index in [1.165, 1.54) is 36.7 Å². The van der Waals surface area contributed by atoms with Crippen LogP contribution in [0.15, 0.2) is 53.7 Å². The molecular weight excluding hydrogens is 438 g/mol. The van der Waals surface area contributed by atoms with E-state index in [2.05, 4.69) is 9.97 Å². The topological polar surface area (TPSA) is 121 Å². The van der Waals surface area contributed by atoms with Crippen LogP contribution in [0.4, 0.5) is 0 Å². The van der Waals surface area contributed by atoms with Crippen molar-refractivity contribution in [3.8, 4) is 17.5 Å². The number of rotatable bonds is 6. The Morgan fingerprint density at radius 2 is 1.90 bits per heavy atom. The third-order valence-electron chi connectivity index (χ3n) is 5.08. The number of carbonyl (C=O) groups is 1. The number of hydrogen-bond donors (Lipinski definition) is 1. The Labute approximate surface area is 183 Å². The molecule has 7 nitrogen and oxygen atoms in total. The third kappa shape index (κ3) is 4.29. The van der Waals surface area contributed by atoms with Gasteiger partial charge >= 0.3 is 5.97 Å². The van der Waals surface area contributed by atoms with Gasteiger partial charge in [0, 0.05) is 18.0 Å². The molecule has 4 rings (SSSR count). The summed E-state index contributed by atoms with van der Waals surface area (Å²) in [6, 6.07) is 10.7. The van der Waals surface area contributed by atoms with E-state index in [1.54, 1.807) is 12.1 Å². The minimum atomic E-state index is -3.94. The third-order valence-corrected chi connectivity index (χ3v) is 7.11. The van der Waals surface area contributed by atoms with Crippen molar-refractivity contribution < 1.29 is 18.3 Å². The van der Waals surface area contributed by atoms with Crippen LogP contribution in [0.5, 0.6) is 0 Å². The Bertz CT molecular complexity index is 1330. The summed E-state index contributed by atoms with van der Waals surface area (Å²) in [6.45, 7) is 0. The lowest BCUT2D eigenvalue weighted by Crippen LogP contribution is -2.11. The molecule has 0 bridgehead atoms. The Balaban J connectivity index is 1.85. The van der Waals surface area contributed by atoms with Crippen molar-refractivity contribution in [1.82, 2.24) is 9.97 Å². The first-order valence-corrected chi connectivity index (χ1v) is 11.4. The van der Waals surface area contributed by atoms with Gasteiger partial charge in [0.15, 0.2) is 15.7 Å². The molecule has 0 atom stereocenters. The first-order valence-electron chi connectivity index (χ1n) is 9.40. The van der Waals surface area contributed by atoms with Gasteiger partial charge in [-0.25, -0.2) is 23.2 Å². The lowest BCUT2D eigenvalue weighted by Gasteiger charge is -2.14. The molecule has 0 spiro atoms. The molecule has 0 amide bonds. The molecule has 1 aliphatic carbocycles. The molecule has 0 unspecified atom stereocenters. The van der Waals surface area contributed by atoms with Crippen molar-refractivity contribution in [3.63, 3.8) is 0 Å². The number of nitrogens with zero attached hydrogens (tertiary/aromatic N) is 3. The molecule has 31 heavy (non-hydrogen) atoms. The van der Waals surface area contributed by atoms with E-state index in [4.69, 9.17) is 11.6 Å². The fourth-order valence-corrected chi connectivity index (χ4v) is 5.33. The highest BCUT2D eigenvalue weighted by atomic mass is 35.5. The van der Waals surface area contributed by atoms with Crippen LogP contribution < -0.4 is 0 Å². The van der Waals surface area contributed by atoms with Gasteiger partial charge in [-0.2, -0.15) is 5.26 Å². The fourth-order valence-electron chi connectivity index (χ4n) is 3.42. The molecule has 1 aliphatic rings. The van der Waals surface area contributed by atoms with Crippen LogP contribution in [-0.4, -0.2) is 29.5 Å². The standard InChI is InChI=1S/C22H16ClN3O4S/c23-19-10-18(21-25-6-1-7-26-21)16(8-15(19)11-24)12-31(29,30)20-9-14(22(27)28)4-5-17(20)13-2-3-13/h1,4-10,13H,2-3,12H2,(H,27,28). The molecule has 1 heterocycles. The summed E-state index contributed by atoms with van der Waals surface area (Å²) >= 11 is 6.18. The van der Waals surface area contributed by atoms with Gasteiger partial charge in [0.1, 0.15) is 6.07 Å². The van der Waals surface area contributed by atoms with Gasteiger partial charge in [-0.1, -0.05) is 17.7 Å². The van der Waals surface area contributed by atoms with Crippen molar-refractivity contribution in [2.45, 2.75) is 29.4 Å². The van der Waals surface area contributed by atoms with Gasteiger partial charge in [0.2, 0.25) is 0 Å². The second-order valence-corrected chi connectivity index (χ2v) is 9.63. The molecule has 156 valence electrons.